The fourth-order valence-electron chi connectivity index (χ4n) is 8.90. The highest BCUT2D eigenvalue weighted by Crippen LogP contribution is 2.38. The van der Waals surface area contributed by atoms with E-state index < -0.39 is 25.8 Å². The van der Waals surface area contributed by atoms with Crippen LogP contribution in [0.2, 0.25) is 5.02 Å². The van der Waals surface area contributed by atoms with Gasteiger partial charge in [-0.25, -0.2) is 32.5 Å². The molecule has 3 amide bonds. The lowest BCUT2D eigenvalue weighted by Crippen LogP contribution is -2.28. The van der Waals surface area contributed by atoms with E-state index in [9.17, 15) is 31.9 Å². The van der Waals surface area contributed by atoms with Gasteiger partial charge < -0.3 is 62.1 Å². The molecule has 19 nitrogen and oxygen atoms in total. The molecule has 0 aliphatic heterocycles. The van der Waals surface area contributed by atoms with Gasteiger partial charge in [0.2, 0.25) is 35.4 Å². The Morgan fingerprint density at radius 2 is 0.713 bits per heavy atom. The highest BCUT2D eigenvalue weighted by Gasteiger charge is 2.25. The summed E-state index contributed by atoms with van der Waals surface area (Å²) >= 11 is 5.93. The number of rotatable bonds is 28. The second kappa shape index (κ2) is 36.3. The lowest BCUT2D eigenvalue weighted by atomic mass is 10.1. The highest BCUT2D eigenvalue weighted by atomic mass is 35.5. The Morgan fingerprint density at radius 1 is 0.394 bits per heavy atom. The van der Waals surface area contributed by atoms with Crippen molar-refractivity contribution in [1.29, 1.82) is 0 Å². The maximum atomic E-state index is 14.1. The number of amides is 3. The van der Waals surface area contributed by atoms with E-state index in [0.717, 1.165) is 0 Å². The molecule has 24 heteroatoms. The summed E-state index contributed by atoms with van der Waals surface area (Å²) in [6.45, 7) is 2.49. The van der Waals surface area contributed by atoms with Crippen molar-refractivity contribution in [2.45, 2.75) is 40.4 Å². The number of hydrogen-bond donors (Lipinski definition) is 0. The summed E-state index contributed by atoms with van der Waals surface area (Å²) in [5.41, 5.74) is 3.22. The van der Waals surface area contributed by atoms with E-state index >= 15 is 0 Å². The summed E-state index contributed by atoms with van der Waals surface area (Å²) in [6, 6.07) is 45.4. The zero-order valence-electron chi connectivity index (χ0n) is 52.6. The van der Waals surface area contributed by atoms with Crippen molar-refractivity contribution in [1.82, 2.24) is 15.0 Å². The number of ether oxygens (including phenoxy) is 10. The van der Waals surface area contributed by atoms with E-state index in [4.69, 9.17) is 59.0 Å². The van der Waals surface area contributed by atoms with Crippen molar-refractivity contribution in [3.05, 3.63) is 210 Å². The van der Waals surface area contributed by atoms with E-state index in [-0.39, 0.29) is 80.6 Å². The first kappa shape index (κ1) is 70.6. The molecule has 0 bridgehead atoms. The molecule has 6 aromatic carbocycles. The van der Waals surface area contributed by atoms with Gasteiger partial charge in [0.25, 0.3) is 0 Å². The molecule has 0 N–H and O–H groups in total. The second-order valence-corrected chi connectivity index (χ2v) is 20.1. The maximum absolute atomic E-state index is 14.1. The first-order valence-corrected chi connectivity index (χ1v) is 29.4. The molecule has 3 aromatic heterocycles. The number of carbonyl (C=O) groups excluding carboxylic acids is 3. The monoisotopic (exact) mass is 1310 g/mol. The number of pyridine rings is 3. The fraction of sp³-hybridized carbons (Fsp3) is 0.229. The lowest BCUT2D eigenvalue weighted by Gasteiger charge is -2.24. The van der Waals surface area contributed by atoms with Crippen LogP contribution >= 0.6 is 11.6 Å². The predicted molar refractivity (Wildman–Crippen MR) is 348 cm³/mol. The zero-order valence-corrected chi connectivity index (χ0v) is 53.3. The van der Waals surface area contributed by atoms with Gasteiger partial charge in [0.1, 0.15) is 109 Å². The Balaban J connectivity index is 0.000000200. The molecule has 0 aliphatic carbocycles. The van der Waals surface area contributed by atoms with Crippen LogP contribution in [0, 0.1) is 5.82 Å². The van der Waals surface area contributed by atoms with E-state index in [1.807, 2.05) is 0 Å². The fourth-order valence-corrected chi connectivity index (χ4v) is 9.02. The van der Waals surface area contributed by atoms with Crippen LogP contribution in [0.4, 0.5) is 34.6 Å². The molecule has 492 valence electrons. The van der Waals surface area contributed by atoms with Crippen molar-refractivity contribution in [3.8, 4) is 75.1 Å². The topological polar surface area (TPSA) is 192 Å². The summed E-state index contributed by atoms with van der Waals surface area (Å²) in [7, 11) is 6.20. The Bertz CT molecular complexity index is 3920. The smallest absolute Gasteiger partial charge is 0.243 e. The van der Waals surface area contributed by atoms with Gasteiger partial charge in [-0.2, -0.15) is 0 Å². The molecule has 0 spiro atoms. The molecule has 94 heavy (non-hydrogen) atoms. The number of anilines is 3. The Kier molecular flexibility index (Phi) is 27.3. The summed E-state index contributed by atoms with van der Waals surface area (Å²) in [5, 5.41) is 0.581. The van der Waals surface area contributed by atoms with Crippen LogP contribution in [0.3, 0.4) is 0 Å². The molecule has 0 fully saturated rings. The lowest BCUT2D eigenvalue weighted by molar-refractivity contribution is -0.117. The highest BCUT2D eigenvalue weighted by molar-refractivity contribution is 6.30. The predicted octanol–water partition coefficient (Wildman–Crippen LogP) is 15.2. The molecule has 0 saturated carbocycles. The molecular weight excluding hydrogens is 1240 g/mol. The summed E-state index contributed by atoms with van der Waals surface area (Å²) < 4.78 is 107. The number of nitrogens with zero attached hydrogens (tertiary/aromatic N) is 6. The van der Waals surface area contributed by atoms with E-state index in [1.54, 1.807) is 185 Å². The van der Waals surface area contributed by atoms with Gasteiger partial charge in [0, 0.05) is 61.1 Å². The minimum atomic E-state index is -0.648. The largest absolute Gasteiger partial charge is 0.497 e. The Labute approximate surface area is 546 Å². The third kappa shape index (κ3) is 20.3. The van der Waals surface area contributed by atoms with Crippen LogP contribution in [0.5, 0.6) is 75.1 Å². The van der Waals surface area contributed by atoms with Gasteiger partial charge in [-0.1, -0.05) is 23.7 Å². The van der Waals surface area contributed by atoms with Gasteiger partial charge in [-0.05, 0) is 152 Å². The summed E-state index contributed by atoms with van der Waals surface area (Å²) in [4.78, 5) is 54.9. The van der Waals surface area contributed by atoms with Crippen LogP contribution in [-0.2, 0) is 34.0 Å². The van der Waals surface area contributed by atoms with E-state index in [0.29, 0.717) is 90.5 Å². The van der Waals surface area contributed by atoms with Crippen molar-refractivity contribution in [3.63, 3.8) is 0 Å². The molecule has 0 radical (unpaired) electrons. The maximum Gasteiger partial charge on any atom is 0.243 e. The first-order chi connectivity index (χ1) is 45.6. The molecule has 9 rings (SSSR count). The molecule has 0 atom stereocenters. The molecule has 0 aliphatic rings. The molecule has 0 saturated heterocycles. The number of para-hydroxylation sites is 1. The minimum Gasteiger partial charge on any atom is -0.497 e. The Morgan fingerprint density at radius 3 is 1.04 bits per heavy atom. The van der Waals surface area contributed by atoms with Crippen LogP contribution < -0.4 is 62.1 Å². The average Bonchev–Trinajstić information content (AvgIpc) is 0.861. The molecule has 3 heterocycles. The normalized spacial score (nSPS) is 10.4. The van der Waals surface area contributed by atoms with Crippen molar-refractivity contribution in [2.24, 2.45) is 0 Å². The number of hydrogen-bond acceptors (Lipinski definition) is 16. The number of aromatic nitrogens is 3. The molecular formula is C70H69ClF4N6O13. The van der Waals surface area contributed by atoms with E-state index in [2.05, 4.69) is 15.0 Å². The molecule has 0 unspecified atom stereocenters. The quantitative estimate of drug-likeness (QED) is 0.0420. The SMILES string of the molecule is COc1ccc(OCCF)c(CN(C(C)=O)c2cccnc2Oc2ccc(Cl)cc2)c1.COc1ccc(OCCF)c(CN(C(C)=O)c2cccnc2Oc2ccccc2F)c1.COc1ccc(Oc2ncccc2N(Cc2cc(OC)ccc2OCCF)C(C)=O)cc1. The van der Waals surface area contributed by atoms with Crippen molar-refractivity contribution in [2.75, 3.05) is 83.0 Å². The van der Waals surface area contributed by atoms with Gasteiger partial charge in [-0.3, -0.25) is 14.4 Å². The second-order valence-electron chi connectivity index (χ2n) is 19.7. The van der Waals surface area contributed by atoms with Gasteiger partial charge in [0.05, 0.1) is 48.1 Å². The van der Waals surface area contributed by atoms with Gasteiger partial charge in [-0.15, -0.1) is 0 Å². The number of benzene rings is 6. The summed E-state index contributed by atoms with van der Waals surface area (Å²) in [6.07, 6.45) is 4.65. The van der Waals surface area contributed by atoms with E-state index in [1.165, 1.54) is 60.9 Å². The third-order valence-corrected chi connectivity index (χ3v) is 13.7. The van der Waals surface area contributed by atoms with Crippen LogP contribution in [0.15, 0.2) is 182 Å². The van der Waals surface area contributed by atoms with Crippen LogP contribution in [-0.4, -0.2) is 101 Å². The van der Waals surface area contributed by atoms with Crippen molar-refractivity contribution < 1.29 is 79.3 Å². The average molecular weight is 1310 g/mol. The number of carbonyl (C=O) groups is 3. The van der Waals surface area contributed by atoms with Crippen molar-refractivity contribution >= 4 is 46.4 Å². The third-order valence-electron chi connectivity index (χ3n) is 13.4. The number of alkyl halides is 3. The standard InChI is InChI=1S/C24H25FN2O5.C23H22ClFN2O4.C23H22F2N2O4/c1-17(28)27(16-18-15-21(30-3)10-11-23(18)31-14-12-25)22-5-4-13-26-24(22)32-20-8-6-19(29-2)7-9-20;1-16(28)27(15-17-14-20(29-2)9-10-22(17)30-13-11-25)21-4-3-12-26-23(21)31-19-7-5-18(24)6-8-19;1-16(28)27(15-17-14-18(29-2)9-10-21(17)30-13-11-24)20-7-5-12-26-23(20)31-22-8-4-3-6-19(22)25/h4-11,13,15H,12,14,16H2,1-3H3;2*3-10,12,14H,11,13,15H2,1-2H3. The Hall–Kier alpha value is -10.8. The minimum absolute atomic E-state index is 0.0145. The zero-order chi connectivity index (χ0) is 67.4. The number of methoxy groups -OCH3 is 4. The summed E-state index contributed by atoms with van der Waals surface area (Å²) in [5.74, 6) is 4.14. The van der Waals surface area contributed by atoms with Gasteiger partial charge >= 0.3 is 0 Å². The molecule has 9 aromatic rings. The van der Waals surface area contributed by atoms with Crippen LogP contribution in [0.1, 0.15) is 37.5 Å². The number of halogens is 5. The van der Waals surface area contributed by atoms with Gasteiger partial charge in [0.15, 0.2) is 11.6 Å². The van der Waals surface area contributed by atoms with Crippen LogP contribution in [0.25, 0.3) is 0 Å². The first-order valence-electron chi connectivity index (χ1n) is 29.0.